The molecule has 1 rings (SSSR count). The molecule has 0 radical (unpaired) electrons. The van der Waals surface area contributed by atoms with Crippen molar-refractivity contribution in [1.29, 1.82) is 0 Å². The first-order valence-corrected chi connectivity index (χ1v) is 5.24. The predicted molar refractivity (Wildman–Crippen MR) is 56.1 cm³/mol. The Kier molecular flexibility index (Phi) is 3.37. The third-order valence-electron chi connectivity index (χ3n) is 2.68. The van der Waals surface area contributed by atoms with Gasteiger partial charge in [-0.05, 0) is 38.8 Å². The van der Waals surface area contributed by atoms with E-state index in [2.05, 4.69) is 13.0 Å². The molecule has 0 aromatic heterocycles. The van der Waals surface area contributed by atoms with Crippen molar-refractivity contribution in [3.8, 4) is 0 Å². The van der Waals surface area contributed by atoms with Gasteiger partial charge >= 0.3 is 0 Å². The van der Waals surface area contributed by atoms with Crippen molar-refractivity contribution in [3.05, 3.63) is 17.0 Å². The monoisotopic (exact) mass is 182 g/mol. The lowest BCUT2D eigenvalue weighted by molar-refractivity contribution is 0.258. The average Bonchev–Trinajstić information content (AvgIpc) is 2.32. The molecule has 1 aliphatic heterocycles. The van der Waals surface area contributed by atoms with Gasteiger partial charge in [0.25, 0.3) is 0 Å². The standard InChI is InChI=1S/C11H20NO/c1-4-5-6-7-10-8-9-11(2,3)12(10)13/h8H,4-7,9H2,1-3H3/q-1. The van der Waals surface area contributed by atoms with E-state index in [0.717, 1.165) is 25.0 Å². The van der Waals surface area contributed by atoms with Crippen LogP contribution in [0.5, 0.6) is 0 Å². The molecule has 0 atom stereocenters. The van der Waals surface area contributed by atoms with E-state index in [1.54, 1.807) is 0 Å². The van der Waals surface area contributed by atoms with E-state index < -0.39 is 0 Å². The lowest BCUT2D eigenvalue weighted by Crippen LogP contribution is -2.33. The Morgan fingerprint density at radius 2 is 2.15 bits per heavy atom. The summed E-state index contributed by atoms with van der Waals surface area (Å²) in [6, 6.07) is 0. The van der Waals surface area contributed by atoms with Gasteiger partial charge < -0.3 is 10.3 Å². The maximum Gasteiger partial charge on any atom is 0.0264 e. The Morgan fingerprint density at radius 1 is 1.46 bits per heavy atom. The van der Waals surface area contributed by atoms with Crippen LogP contribution in [0.1, 0.15) is 52.9 Å². The van der Waals surface area contributed by atoms with Crippen molar-refractivity contribution in [2.45, 2.75) is 58.4 Å². The van der Waals surface area contributed by atoms with E-state index in [0.29, 0.717) is 0 Å². The highest BCUT2D eigenvalue weighted by Crippen LogP contribution is 2.32. The highest BCUT2D eigenvalue weighted by Gasteiger charge is 2.25. The van der Waals surface area contributed by atoms with Gasteiger partial charge in [-0.15, -0.1) is 0 Å². The zero-order valence-corrected chi connectivity index (χ0v) is 8.97. The fourth-order valence-electron chi connectivity index (χ4n) is 1.68. The summed E-state index contributed by atoms with van der Waals surface area (Å²) in [4.78, 5) is 0. The number of allylic oxidation sites excluding steroid dienone is 1. The van der Waals surface area contributed by atoms with Crippen LogP contribution in [0, 0.1) is 5.21 Å². The molecule has 76 valence electrons. The van der Waals surface area contributed by atoms with Crippen LogP contribution < -0.4 is 0 Å². The van der Waals surface area contributed by atoms with E-state index in [1.807, 2.05) is 13.8 Å². The largest absolute Gasteiger partial charge is 0.758 e. The summed E-state index contributed by atoms with van der Waals surface area (Å²) in [5, 5.41) is 12.9. The van der Waals surface area contributed by atoms with Crippen molar-refractivity contribution in [2.75, 3.05) is 0 Å². The van der Waals surface area contributed by atoms with E-state index >= 15 is 0 Å². The zero-order valence-electron chi connectivity index (χ0n) is 8.97. The fraction of sp³-hybridized carbons (Fsp3) is 0.818. The minimum Gasteiger partial charge on any atom is -0.758 e. The molecular weight excluding hydrogens is 162 g/mol. The first kappa shape index (κ1) is 10.6. The van der Waals surface area contributed by atoms with Gasteiger partial charge in [-0.25, -0.2) is 0 Å². The molecular formula is C11H20NO-. The minimum absolute atomic E-state index is 0.193. The number of hydrogen-bond acceptors (Lipinski definition) is 2. The normalized spacial score (nSPS) is 20.6. The Hall–Kier alpha value is -0.500. The second-order valence-electron chi connectivity index (χ2n) is 4.46. The number of hydrogen-bond donors (Lipinski definition) is 0. The van der Waals surface area contributed by atoms with Crippen LogP contribution in [-0.2, 0) is 0 Å². The first-order valence-electron chi connectivity index (χ1n) is 5.24. The second-order valence-corrected chi connectivity index (χ2v) is 4.46. The predicted octanol–water partition coefficient (Wildman–Crippen LogP) is 3.43. The van der Waals surface area contributed by atoms with E-state index in [-0.39, 0.29) is 5.54 Å². The van der Waals surface area contributed by atoms with Crippen molar-refractivity contribution < 1.29 is 0 Å². The van der Waals surface area contributed by atoms with E-state index in [4.69, 9.17) is 0 Å². The molecule has 0 saturated carbocycles. The molecule has 0 aromatic rings. The van der Waals surface area contributed by atoms with Crippen LogP contribution in [0.2, 0.25) is 0 Å². The lowest BCUT2D eigenvalue weighted by Gasteiger charge is -2.42. The zero-order chi connectivity index (χ0) is 9.90. The summed E-state index contributed by atoms with van der Waals surface area (Å²) in [6.07, 6.45) is 7.56. The smallest absolute Gasteiger partial charge is 0.0264 e. The SMILES string of the molecule is CCCCCC1=CCC(C)(C)N1[O-]. The van der Waals surface area contributed by atoms with Crippen LogP contribution in [0.25, 0.3) is 0 Å². The Morgan fingerprint density at radius 3 is 2.62 bits per heavy atom. The quantitative estimate of drug-likeness (QED) is 0.622. The third-order valence-corrected chi connectivity index (χ3v) is 2.68. The molecule has 0 unspecified atom stereocenters. The molecule has 0 bridgehead atoms. The van der Waals surface area contributed by atoms with Gasteiger partial charge in [-0.3, -0.25) is 0 Å². The molecule has 0 N–H and O–H groups in total. The van der Waals surface area contributed by atoms with E-state index in [1.165, 1.54) is 17.9 Å². The molecule has 0 aromatic carbocycles. The number of nitrogens with zero attached hydrogens (tertiary/aromatic N) is 1. The van der Waals surface area contributed by atoms with Gasteiger partial charge in [-0.1, -0.05) is 25.8 Å². The molecule has 0 saturated heterocycles. The molecule has 0 fully saturated rings. The van der Waals surface area contributed by atoms with Crippen LogP contribution in [-0.4, -0.2) is 10.6 Å². The summed E-state index contributed by atoms with van der Waals surface area (Å²) in [6.45, 7) is 6.19. The topological polar surface area (TPSA) is 26.3 Å². The summed E-state index contributed by atoms with van der Waals surface area (Å²) in [5.74, 6) is 0. The molecule has 1 aliphatic rings. The number of rotatable bonds is 4. The summed E-state index contributed by atoms with van der Waals surface area (Å²) >= 11 is 0. The minimum atomic E-state index is -0.193. The van der Waals surface area contributed by atoms with Gasteiger partial charge in [0, 0.05) is 5.54 Å². The Labute approximate surface area is 81.2 Å². The average molecular weight is 182 g/mol. The number of hydroxylamine groups is 2. The molecule has 2 nitrogen and oxygen atoms in total. The summed E-state index contributed by atoms with van der Waals surface area (Å²) in [5.41, 5.74) is 0.806. The van der Waals surface area contributed by atoms with Crippen molar-refractivity contribution in [3.63, 3.8) is 0 Å². The molecule has 2 heteroatoms. The highest BCUT2D eigenvalue weighted by molar-refractivity contribution is 5.15. The fourth-order valence-corrected chi connectivity index (χ4v) is 1.68. The molecule has 13 heavy (non-hydrogen) atoms. The molecule has 0 spiro atoms. The molecule has 0 amide bonds. The lowest BCUT2D eigenvalue weighted by atomic mass is 10.0. The Bertz CT molecular complexity index is 196. The summed E-state index contributed by atoms with van der Waals surface area (Å²) in [7, 11) is 0. The van der Waals surface area contributed by atoms with Gasteiger partial charge in [0.1, 0.15) is 0 Å². The van der Waals surface area contributed by atoms with Crippen LogP contribution >= 0.6 is 0 Å². The van der Waals surface area contributed by atoms with Crippen LogP contribution in [0.3, 0.4) is 0 Å². The maximum absolute atomic E-state index is 11.7. The van der Waals surface area contributed by atoms with Crippen molar-refractivity contribution in [1.82, 2.24) is 5.06 Å². The molecule has 0 aliphatic carbocycles. The van der Waals surface area contributed by atoms with E-state index in [9.17, 15) is 5.21 Å². The maximum atomic E-state index is 11.7. The van der Waals surface area contributed by atoms with Crippen LogP contribution in [0.4, 0.5) is 0 Å². The Balaban J connectivity index is 2.36. The van der Waals surface area contributed by atoms with Crippen LogP contribution in [0.15, 0.2) is 11.8 Å². The first-order chi connectivity index (χ1) is 6.08. The van der Waals surface area contributed by atoms with Gasteiger partial charge in [-0.2, -0.15) is 0 Å². The van der Waals surface area contributed by atoms with Gasteiger partial charge in [0.05, 0.1) is 0 Å². The molecule has 1 heterocycles. The van der Waals surface area contributed by atoms with Crippen molar-refractivity contribution >= 4 is 0 Å². The van der Waals surface area contributed by atoms with Gasteiger partial charge in [0.2, 0.25) is 0 Å². The van der Waals surface area contributed by atoms with Crippen molar-refractivity contribution in [2.24, 2.45) is 0 Å². The van der Waals surface area contributed by atoms with Gasteiger partial charge in [0.15, 0.2) is 0 Å². The third kappa shape index (κ3) is 2.47. The summed E-state index contributed by atoms with van der Waals surface area (Å²) < 4.78 is 0. The number of unbranched alkanes of at least 4 members (excludes halogenated alkanes) is 2. The second kappa shape index (κ2) is 4.14. The highest BCUT2D eigenvalue weighted by atomic mass is 16.5.